The van der Waals surface area contributed by atoms with E-state index in [0.29, 0.717) is 0 Å². The number of ether oxygens (including phenoxy) is 4. The number of esters is 3. The summed E-state index contributed by atoms with van der Waals surface area (Å²) in [5.74, 6) is -2.19. The second kappa shape index (κ2) is 11.5. The van der Waals surface area contributed by atoms with Gasteiger partial charge in [0, 0.05) is 37.1 Å². The molecule has 0 saturated carbocycles. The van der Waals surface area contributed by atoms with Crippen LogP contribution in [-0.4, -0.2) is 60.2 Å². The third kappa shape index (κ3) is 7.82. The molecule has 0 aromatic heterocycles. The van der Waals surface area contributed by atoms with Gasteiger partial charge in [0.15, 0.2) is 12.2 Å². The Morgan fingerprint density at radius 3 is 2.06 bits per heavy atom. The standard InChI is InChI=1S/C20H24BrNO8S/c1-10(23)22-17-19(29-13(4)26)18(28-12(3)25)16(9-27-11(2)24)30-20(17)31-15-7-5-14(21)6-8-15/h5-8,16-20H,9H2,1-4H3,(H,22,23)/t16-,17+,18+,19+,20+/m1/s1. The molecule has 0 bridgehead atoms. The van der Waals surface area contributed by atoms with Crippen LogP contribution in [0.15, 0.2) is 33.6 Å². The summed E-state index contributed by atoms with van der Waals surface area (Å²) in [6.07, 6.45) is -3.08. The van der Waals surface area contributed by atoms with Gasteiger partial charge in [-0.2, -0.15) is 0 Å². The molecule has 1 aliphatic heterocycles. The first-order valence-electron chi connectivity index (χ1n) is 9.39. The zero-order valence-corrected chi connectivity index (χ0v) is 19.9. The minimum atomic E-state index is -1.10. The summed E-state index contributed by atoms with van der Waals surface area (Å²) in [5, 5.41) is 2.74. The average molecular weight is 518 g/mol. The molecule has 1 fully saturated rings. The summed E-state index contributed by atoms with van der Waals surface area (Å²) in [7, 11) is 0. The zero-order chi connectivity index (χ0) is 23.1. The molecule has 2 rings (SSSR count). The van der Waals surface area contributed by atoms with Crippen LogP contribution >= 0.6 is 27.7 Å². The van der Waals surface area contributed by atoms with E-state index in [4.69, 9.17) is 18.9 Å². The van der Waals surface area contributed by atoms with E-state index in [0.717, 1.165) is 9.37 Å². The molecule has 5 atom stereocenters. The molecule has 11 heteroatoms. The maximum atomic E-state index is 11.9. The summed E-state index contributed by atoms with van der Waals surface area (Å²) in [6.45, 7) is 4.74. The molecule has 1 saturated heterocycles. The third-order valence-electron chi connectivity index (χ3n) is 4.14. The average Bonchev–Trinajstić information content (AvgIpc) is 2.65. The first kappa shape index (κ1) is 25.2. The monoisotopic (exact) mass is 517 g/mol. The summed E-state index contributed by atoms with van der Waals surface area (Å²) in [5.41, 5.74) is -0.734. The Morgan fingerprint density at radius 2 is 1.55 bits per heavy atom. The molecule has 1 N–H and O–H groups in total. The molecule has 0 spiro atoms. The molecule has 0 radical (unpaired) electrons. The van der Waals surface area contributed by atoms with Gasteiger partial charge in [0.2, 0.25) is 5.91 Å². The van der Waals surface area contributed by atoms with E-state index in [9.17, 15) is 19.2 Å². The lowest BCUT2D eigenvalue weighted by atomic mass is 9.97. The van der Waals surface area contributed by atoms with E-state index in [1.54, 1.807) is 0 Å². The van der Waals surface area contributed by atoms with Crippen molar-refractivity contribution in [3.63, 3.8) is 0 Å². The fraction of sp³-hybridized carbons (Fsp3) is 0.500. The Labute approximate surface area is 192 Å². The fourth-order valence-corrected chi connectivity index (χ4v) is 4.43. The normalized spacial score (nSPS) is 25.3. The second-order valence-electron chi connectivity index (χ2n) is 6.79. The molecule has 1 amide bonds. The molecule has 1 aromatic rings. The summed E-state index contributed by atoms with van der Waals surface area (Å²) >= 11 is 4.66. The predicted molar refractivity (Wildman–Crippen MR) is 114 cm³/mol. The van der Waals surface area contributed by atoms with Gasteiger partial charge in [0.1, 0.15) is 24.2 Å². The Kier molecular flexibility index (Phi) is 9.32. The van der Waals surface area contributed by atoms with Crippen molar-refractivity contribution in [3.05, 3.63) is 28.7 Å². The van der Waals surface area contributed by atoms with Crippen LogP contribution in [0.5, 0.6) is 0 Å². The summed E-state index contributed by atoms with van der Waals surface area (Å²) in [4.78, 5) is 47.7. The van der Waals surface area contributed by atoms with Crippen LogP contribution in [0.2, 0.25) is 0 Å². The highest BCUT2D eigenvalue weighted by Crippen LogP contribution is 2.36. The van der Waals surface area contributed by atoms with Gasteiger partial charge in [0.05, 0.1) is 0 Å². The van der Waals surface area contributed by atoms with Crippen molar-refractivity contribution in [2.24, 2.45) is 0 Å². The van der Waals surface area contributed by atoms with E-state index in [1.165, 1.54) is 39.5 Å². The fourth-order valence-electron chi connectivity index (χ4n) is 3.04. The molecular formula is C20H24BrNO8S. The topological polar surface area (TPSA) is 117 Å². The van der Waals surface area contributed by atoms with Crippen LogP contribution in [0.3, 0.4) is 0 Å². The van der Waals surface area contributed by atoms with Gasteiger partial charge in [-0.3, -0.25) is 19.2 Å². The van der Waals surface area contributed by atoms with Crippen molar-refractivity contribution in [3.8, 4) is 0 Å². The van der Waals surface area contributed by atoms with E-state index in [1.807, 2.05) is 24.3 Å². The molecule has 170 valence electrons. The Morgan fingerprint density at radius 1 is 0.968 bits per heavy atom. The van der Waals surface area contributed by atoms with Gasteiger partial charge < -0.3 is 24.3 Å². The van der Waals surface area contributed by atoms with Gasteiger partial charge in [-0.25, -0.2) is 0 Å². The van der Waals surface area contributed by atoms with E-state index in [-0.39, 0.29) is 12.5 Å². The highest BCUT2D eigenvalue weighted by atomic mass is 79.9. The molecule has 0 aliphatic carbocycles. The number of rotatable bonds is 7. The van der Waals surface area contributed by atoms with E-state index >= 15 is 0 Å². The summed E-state index contributed by atoms with van der Waals surface area (Å²) in [6, 6.07) is 6.56. The van der Waals surface area contributed by atoms with Crippen molar-refractivity contribution < 1.29 is 38.1 Å². The van der Waals surface area contributed by atoms with Crippen LogP contribution < -0.4 is 5.32 Å². The minimum absolute atomic E-state index is 0.227. The molecule has 1 aromatic carbocycles. The van der Waals surface area contributed by atoms with Crippen molar-refractivity contribution in [1.82, 2.24) is 5.32 Å². The van der Waals surface area contributed by atoms with Crippen molar-refractivity contribution >= 4 is 51.5 Å². The van der Waals surface area contributed by atoms with Gasteiger partial charge in [-0.15, -0.1) is 0 Å². The van der Waals surface area contributed by atoms with Crippen molar-refractivity contribution in [2.75, 3.05) is 6.61 Å². The molecular weight excluding hydrogens is 494 g/mol. The van der Waals surface area contributed by atoms with Gasteiger partial charge in [-0.05, 0) is 24.3 Å². The number of nitrogens with one attached hydrogen (secondary N) is 1. The van der Waals surface area contributed by atoms with Gasteiger partial charge >= 0.3 is 17.9 Å². The first-order valence-corrected chi connectivity index (χ1v) is 11.1. The largest absolute Gasteiger partial charge is 0.463 e. The van der Waals surface area contributed by atoms with Gasteiger partial charge in [-0.1, -0.05) is 27.7 Å². The smallest absolute Gasteiger partial charge is 0.303 e. The molecule has 9 nitrogen and oxygen atoms in total. The maximum Gasteiger partial charge on any atom is 0.303 e. The van der Waals surface area contributed by atoms with E-state index < -0.39 is 47.7 Å². The highest BCUT2D eigenvalue weighted by Gasteiger charge is 2.51. The number of amides is 1. The molecule has 1 heterocycles. The number of carbonyl (C=O) groups is 4. The predicted octanol–water partition coefficient (Wildman–Crippen LogP) is 2.20. The minimum Gasteiger partial charge on any atom is -0.463 e. The number of benzene rings is 1. The highest BCUT2D eigenvalue weighted by molar-refractivity contribution is 9.10. The van der Waals surface area contributed by atoms with E-state index in [2.05, 4.69) is 21.2 Å². The zero-order valence-electron chi connectivity index (χ0n) is 17.5. The van der Waals surface area contributed by atoms with Crippen LogP contribution in [0, 0.1) is 0 Å². The quantitative estimate of drug-likeness (QED) is 0.428. The Bertz CT molecular complexity index is 818. The number of hydrogen-bond donors (Lipinski definition) is 1. The lowest BCUT2D eigenvalue weighted by Crippen LogP contribution is -2.65. The SMILES string of the molecule is CC(=O)N[C@H]1[C@H](OC(C)=O)[C@@H](OC(C)=O)[C@@H](COC(C)=O)O[C@H]1Sc1ccc(Br)cc1. The van der Waals surface area contributed by atoms with Crippen LogP contribution in [-0.2, 0) is 38.1 Å². The Hall–Kier alpha value is -2.11. The van der Waals surface area contributed by atoms with Crippen LogP contribution in [0.4, 0.5) is 0 Å². The van der Waals surface area contributed by atoms with Crippen molar-refractivity contribution in [2.45, 2.75) is 62.4 Å². The van der Waals surface area contributed by atoms with Gasteiger partial charge in [0.25, 0.3) is 0 Å². The number of thioether (sulfide) groups is 1. The molecule has 31 heavy (non-hydrogen) atoms. The van der Waals surface area contributed by atoms with Crippen molar-refractivity contribution in [1.29, 1.82) is 0 Å². The third-order valence-corrected chi connectivity index (χ3v) is 5.85. The second-order valence-corrected chi connectivity index (χ2v) is 8.88. The number of carbonyl (C=O) groups excluding carboxylic acids is 4. The number of halogens is 1. The summed E-state index contributed by atoms with van der Waals surface area (Å²) < 4.78 is 22.9. The van der Waals surface area contributed by atoms with Crippen LogP contribution in [0.25, 0.3) is 0 Å². The maximum absolute atomic E-state index is 11.9. The Balaban J connectivity index is 2.43. The molecule has 0 unspecified atom stereocenters. The number of hydrogen-bond acceptors (Lipinski definition) is 9. The first-order chi connectivity index (χ1) is 14.6. The van der Waals surface area contributed by atoms with Crippen LogP contribution in [0.1, 0.15) is 27.7 Å². The molecule has 1 aliphatic rings. The lowest BCUT2D eigenvalue weighted by Gasteiger charge is -2.45. The lowest BCUT2D eigenvalue weighted by molar-refractivity contribution is -0.211.